The van der Waals surface area contributed by atoms with E-state index >= 15 is 0 Å². The predicted octanol–water partition coefficient (Wildman–Crippen LogP) is 3.90. The second-order valence-corrected chi connectivity index (χ2v) is 6.70. The van der Waals surface area contributed by atoms with Gasteiger partial charge in [0.1, 0.15) is 5.75 Å². The van der Waals surface area contributed by atoms with Crippen LogP contribution in [0.15, 0.2) is 24.3 Å². The molecule has 0 unspecified atom stereocenters. The van der Waals surface area contributed by atoms with Gasteiger partial charge in [0, 0.05) is 23.6 Å². The molecule has 0 bridgehead atoms. The minimum Gasteiger partial charge on any atom is -0.496 e. The van der Waals surface area contributed by atoms with Gasteiger partial charge in [-0.05, 0) is 37.7 Å². The Morgan fingerprint density at radius 1 is 1.25 bits per heavy atom. The second kappa shape index (κ2) is 5.77. The van der Waals surface area contributed by atoms with Crippen LogP contribution in [0.1, 0.15) is 51.0 Å². The lowest BCUT2D eigenvalue weighted by Crippen LogP contribution is -2.49. The molecule has 1 aromatic rings. The number of para-hydroxylation sites is 1. The lowest BCUT2D eigenvalue weighted by Gasteiger charge is -2.49. The minimum absolute atomic E-state index is 0.315. The topological polar surface area (TPSA) is 21.3 Å². The van der Waals surface area contributed by atoms with Crippen molar-refractivity contribution in [3.05, 3.63) is 29.8 Å². The van der Waals surface area contributed by atoms with Crippen molar-refractivity contribution in [3.8, 4) is 5.75 Å². The first-order valence-corrected chi connectivity index (χ1v) is 8.14. The van der Waals surface area contributed by atoms with Crippen molar-refractivity contribution in [1.29, 1.82) is 0 Å². The Hall–Kier alpha value is -1.02. The highest BCUT2D eigenvalue weighted by Gasteiger charge is 2.46. The molecule has 0 heterocycles. The Morgan fingerprint density at radius 2 is 2.00 bits per heavy atom. The van der Waals surface area contributed by atoms with Crippen molar-refractivity contribution in [2.24, 2.45) is 5.92 Å². The van der Waals surface area contributed by atoms with Gasteiger partial charge in [0.25, 0.3) is 0 Å². The molecule has 0 amide bonds. The van der Waals surface area contributed by atoms with Crippen LogP contribution in [0.3, 0.4) is 0 Å². The molecule has 2 aliphatic rings. The number of methoxy groups -OCH3 is 1. The van der Waals surface area contributed by atoms with Crippen LogP contribution in [0.25, 0.3) is 0 Å². The molecule has 1 N–H and O–H groups in total. The molecule has 0 spiro atoms. The van der Waals surface area contributed by atoms with Gasteiger partial charge < -0.3 is 10.1 Å². The highest BCUT2D eigenvalue weighted by Crippen LogP contribution is 2.51. The van der Waals surface area contributed by atoms with Gasteiger partial charge in [0.15, 0.2) is 0 Å². The Balaban J connectivity index is 1.77. The molecule has 2 aliphatic carbocycles. The summed E-state index contributed by atoms with van der Waals surface area (Å²) in [5, 5.41) is 3.76. The Kier molecular flexibility index (Phi) is 4.02. The summed E-state index contributed by atoms with van der Waals surface area (Å²) >= 11 is 0. The third kappa shape index (κ3) is 2.71. The first kappa shape index (κ1) is 13.9. The predicted molar refractivity (Wildman–Crippen MR) is 83.3 cm³/mol. The van der Waals surface area contributed by atoms with E-state index in [1.165, 1.54) is 44.1 Å². The number of nitrogens with one attached hydrogen (secondary N) is 1. The van der Waals surface area contributed by atoms with E-state index in [-0.39, 0.29) is 0 Å². The van der Waals surface area contributed by atoms with Crippen LogP contribution in [-0.4, -0.2) is 19.7 Å². The van der Waals surface area contributed by atoms with Crippen LogP contribution in [0, 0.1) is 5.92 Å². The normalized spacial score (nSPS) is 29.0. The molecule has 0 aliphatic heterocycles. The van der Waals surface area contributed by atoms with E-state index in [4.69, 9.17) is 4.74 Å². The zero-order valence-corrected chi connectivity index (χ0v) is 12.8. The molecular formula is C18H27NO. The van der Waals surface area contributed by atoms with Crippen LogP contribution >= 0.6 is 0 Å². The smallest absolute Gasteiger partial charge is 0.122 e. The summed E-state index contributed by atoms with van der Waals surface area (Å²) < 4.78 is 5.62. The van der Waals surface area contributed by atoms with E-state index in [1.54, 1.807) is 7.11 Å². The van der Waals surface area contributed by atoms with Crippen molar-refractivity contribution in [2.45, 2.75) is 56.9 Å². The van der Waals surface area contributed by atoms with Gasteiger partial charge >= 0.3 is 0 Å². The van der Waals surface area contributed by atoms with Crippen LogP contribution < -0.4 is 10.1 Å². The highest BCUT2D eigenvalue weighted by atomic mass is 16.5. The minimum atomic E-state index is 0.315. The maximum atomic E-state index is 5.62. The standard InChI is InChI=1S/C18H27NO/c1-3-6-14-11-18(12-14,13-19-15-9-10-15)16-7-4-5-8-17(16)20-2/h4-5,7-8,14-15,19H,3,6,9-13H2,1-2H3. The van der Waals surface area contributed by atoms with Crippen LogP contribution in [0.2, 0.25) is 0 Å². The summed E-state index contributed by atoms with van der Waals surface area (Å²) in [4.78, 5) is 0. The second-order valence-electron chi connectivity index (χ2n) is 6.70. The number of ether oxygens (including phenoxy) is 1. The van der Waals surface area contributed by atoms with E-state index < -0.39 is 0 Å². The van der Waals surface area contributed by atoms with Gasteiger partial charge in [-0.2, -0.15) is 0 Å². The summed E-state index contributed by atoms with van der Waals surface area (Å²) in [5.41, 5.74) is 1.73. The zero-order chi connectivity index (χ0) is 14.0. The molecule has 0 atom stereocenters. The zero-order valence-electron chi connectivity index (χ0n) is 12.8. The van der Waals surface area contributed by atoms with Crippen molar-refractivity contribution in [2.75, 3.05) is 13.7 Å². The van der Waals surface area contributed by atoms with Gasteiger partial charge in [-0.25, -0.2) is 0 Å². The fraction of sp³-hybridized carbons (Fsp3) is 0.667. The van der Waals surface area contributed by atoms with Gasteiger partial charge in [-0.15, -0.1) is 0 Å². The fourth-order valence-electron chi connectivity index (χ4n) is 3.83. The molecular weight excluding hydrogens is 246 g/mol. The number of benzene rings is 1. The lowest BCUT2D eigenvalue weighted by molar-refractivity contribution is 0.125. The Bertz CT molecular complexity index is 446. The molecule has 1 aromatic carbocycles. The number of hydrogen-bond acceptors (Lipinski definition) is 2. The van der Waals surface area contributed by atoms with E-state index in [9.17, 15) is 0 Å². The van der Waals surface area contributed by atoms with Crippen molar-refractivity contribution < 1.29 is 4.74 Å². The molecule has 2 fully saturated rings. The first-order valence-electron chi connectivity index (χ1n) is 8.14. The molecule has 0 aromatic heterocycles. The third-order valence-corrected chi connectivity index (χ3v) is 5.04. The maximum Gasteiger partial charge on any atom is 0.122 e. The van der Waals surface area contributed by atoms with Gasteiger partial charge in [-0.3, -0.25) is 0 Å². The average molecular weight is 273 g/mol. The van der Waals surface area contributed by atoms with Crippen molar-refractivity contribution >= 4 is 0 Å². The molecule has 20 heavy (non-hydrogen) atoms. The maximum absolute atomic E-state index is 5.62. The largest absolute Gasteiger partial charge is 0.496 e. The lowest BCUT2D eigenvalue weighted by atomic mass is 9.57. The summed E-state index contributed by atoms with van der Waals surface area (Å²) in [7, 11) is 1.79. The Labute approximate surface area is 122 Å². The molecule has 3 rings (SSSR count). The fourth-order valence-corrected chi connectivity index (χ4v) is 3.83. The van der Waals surface area contributed by atoms with E-state index in [0.29, 0.717) is 5.41 Å². The molecule has 0 saturated heterocycles. The summed E-state index contributed by atoms with van der Waals surface area (Å²) in [6, 6.07) is 9.40. The molecule has 0 radical (unpaired) electrons. The average Bonchev–Trinajstić information content (AvgIpc) is 3.25. The number of rotatable bonds is 7. The molecule has 2 heteroatoms. The monoisotopic (exact) mass is 273 g/mol. The Morgan fingerprint density at radius 3 is 2.65 bits per heavy atom. The van der Waals surface area contributed by atoms with Crippen LogP contribution in [-0.2, 0) is 5.41 Å². The van der Waals surface area contributed by atoms with Crippen LogP contribution in [0.4, 0.5) is 0 Å². The first-order chi connectivity index (χ1) is 9.77. The SMILES string of the molecule is CCCC1CC(CNC2CC2)(c2ccccc2OC)C1. The van der Waals surface area contributed by atoms with Crippen LogP contribution in [0.5, 0.6) is 5.75 Å². The van der Waals surface area contributed by atoms with Gasteiger partial charge in [0.05, 0.1) is 7.11 Å². The van der Waals surface area contributed by atoms with E-state index in [2.05, 4.69) is 36.5 Å². The van der Waals surface area contributed by atoms with Crippen molar-refractivity contribution in [3.63, 3.8) is 0 Å². The quantitative estimate of drug-likeness (QED) is 0.813. The third-order valence-electron chi connectivity index (χ3n) is 5.04. The summed E-state index contributed by atoms with van der Waals surface area (Å²) in [6.45, 7) is 3.42. The van der Waals surface area contributed by atoms with Gasteiger partial charge in [0.2, 0.25) is 0 Å². The van der Waals surface area contributed by atoms with Crippen molar-refractivity contribution in [1.82, 2.24) is 5.32 Å². The molecule has 2 saturated carbocycles. The highest BCUT2D eigenvalue weighted by molar-refractivity contribution is 5.42. The molecule has 110 valence electrons. The van der Waals surface area contributed by atoms with Gasteiger partial charge in [-0.1, -0.05) is 38.0 Å². The van der Waals surface area contributed by atoms with E-state index in [0.717, 1.165) is 24.3 Å². The molecule has 2 nitrogen and oxygen atoms in total. The number of hydrogen-bond donors (Lipinski definition) is 1. The van der Waals surface area contributed by atoms with E-state index in [1.807, 2.05) is 0 Å². The summed E-state index contributed by atoms with van der Waals surface area (Å²) in [5.74, 6) is 1.98. The summed E-state index contributed by atoms with van der Waals surface area (Å²) in [6.07, 6.45) is 8.05.